The zero-order valence-corrected chi connectivity index (χ0v) is 16.2. The fourth-order valence-electron chi connectivity index (χ4n) is 3.47. The number of rotatable bonds is 5. The largest absolute Gasteiger partial charge is 0.497 e. The number of hydrogen-bond acceptors (Lipinski definition) is 6. The van der Waals surface area contributed by atoms with Crippen LogP contribution in [0.2, 0.25) is 0 Å². The average Bonchev–Trinajstić information content (AvgIpc) is 2.68. The van der Waals surface area contributed by atoms with Crippen LogP contribution >= 0.6 is 0 Å². The maximum Gasteiger partial charge on any atom is 0.236 e. The number of piperidine rings is 1. The number of nitrogen functional groups attached to an aromatic ring is 1. The van der Waals surface area contributed by atoms with Gasteiger partial charge in [-0.15, -0.1) is 0 Å². The zero-order chi connectivity index (χ0) is 19.4. The Balaban J connectivity index is 1.86. The molecule has 0 saturated carbocycles. The third-order valence-electron chi connectivity index (χ3n) is 4.99. The average molecular weight is 369 g/mol. The van der Waals surface area contributed by atoms with Gasteiger partial charge in [0, 0.05) is 38.3 Å². The van der Waals surface area contributed by atoms with Gasteiger partial charge in [-0.05, 0) is 37.1 Å². The topological polar surface area (TPSA) is 84.6 Å². The molecule has 1 aliphatic rings. The summed E-state index contributed by atoms with van der Waals surface area (Å²) in [5.74, 6) is 1.43. The molecule has 0 radical (unpaired) electrons. The van der Waals surface area contributed by atoms with Crippen molar-refractivity contribution in [3.63, 3.8) is 0 Å². The van der Waals surface area contributed by atoms with Crippen molar-refractivity contribution >= 4 is 11.9 Å². The first-order chi connectivity index (χ1) is 13.0. The Morgan fingerprint density at radius 3 is 2.74 bits per heavy atom. The van der Waals surface area contributed by atoms with Crippen LogP contribution in [0.5, 0.6) is 5.75 Å². The molecule has 1 aromatic heterocycles. The first-order valence-corrected chi connectivity index (χ1v) is 9.17. The molecule has 1 amide bonds. The van der Waals surface area contributed by atoms with Gasteiger partial charge in [0.1, 0.15) is 5.75 Å². The lowest BCUT2D eigenvalue weighted by atomic mass is 9.90. The molecule has 1 atom stereocenters. The van der Waals surface area contributed by atoms with Gasteiger partial charge in [0.05, 0.1) is 19.3 Å². The number of nitrogens with zero attached hydrogens (tertiary/aromatic N) is 4. The van der Waals surface area contributed by atoms with E-state index in [1.165, 1.54) is 0 Å². The van der Waals surface area contributed by atoms with E-state index in [0.717, 1.165) is 48.5 Å². The smallest absolute Gasteiger partial charge is 0.236 e. The van der Waals surface area contributed by atoms with Crippen LogP contribution in [0.1, 0.15) is 24.5 Å². The van der Waals surface area contributed by atoms with Crippen LogP contribution in [0, 0.1) is 0 Å². The quantitative estimate of drug-likeness (QED) is 0.868. The molecule has 2 aromatic rings. The molecular formula is C20H27N5O2. The van der Waals surface area contributed by atoms with Gasteiger partial charge in [0.25, 0.3) is 0 Å². The number of carbonyl (C=O) groups excluding carboxylic acids is 1. The summed E-state index contributed by atoms with van der Waals surface area (Å²) in [4.78, 5) is 24.7. The zero-order valence-electron chi connectivity index (χ0n) is 16.2. The van der Waals surface area contributed by atoms with Crippen LogP contribution in [0.3, 0.4) is 0 Å². The molecule has 1 aliphatic heterocycles. The molecule has 144 valence electrons. The molecule has 2 heterocycles. The summed E-state index contributed by atoms with van der Waals surface area (Å²) in [7, 11) is 5.23. The van der Waals surface area contributed by atoms with E-state index in [0.29, 0.717) is 6.54 Å². The van der Waals surface area contributed by atoms with Crippen molar-refractivity contribution in [3.05, 3.63) is 36.2 Å². The number of carbonyl (C=O) groups is 1. The molecule has 1 saturated heterocycles. The number of benzene rings is 1. The summed E-state index contributed by atoms with van der Waals surface area (Å²) in [5, 5.41) is 0. The molecule has 7 heteroatoms. The second kappa shape index (κ2) is 8.35. The minimum absolute atomic E-state index is 0.119. The molecule has 3 rings (SSSR count). The highest BCUT2D eigenvalue weighted by atomic mass is 16.5. The number of methoxy groups -OCH3 is 1. The highest BCUT2D eigenvalue weighted by molar-refractivity contribution is 5.77. The number of likely N-dealkylation sites (tertiary alicyclic amines) is 1. The summed E-state index contributed by atoms with van der Waals surface area (Å²) in [5.41, 5.74) is 8.87. The number of hydrogen-bond donors (Lipinski definition) is 1. The number of amides is 1. The summed E-state index contributed by atoms with van der Waals surface area (Å²) < 4.78 is 5.25. The third-order valence-corrected chi connectivity index (χ3v) is 4.99. The Bertz CT molecular complexity index is 791. The summed E-state index contributed by atoms with van der Waals surface area (Å²) in [6.45, 7) is 2.15. The number of aromatic nitrogens is 2. The van der Waals surface area contributed by atoms with Crippen molar-refractivity contribution in [1.29, 1.82) is 0 Å². The number of anilines is 1. The highest BCUT2D eigenvalue weighted by Gasteiger charge is 2.26. The van der Waals surface area contributed by atoms with Gasteiger partial charge in [-0.1, -0.05) is 12.1 Å². The number of ether oxygens (including phenoxy) is 1. The van der Waals surface area contributed by atoms with Crippen molar-refractivity contribution in [1.82, 2.24) is 19.8 Å². The fraction of sp³-hybridized carbons (Fsp3) is 0.450. The van der Waals surface area contributed by atoms with Gasteiger partial charge in [0.2, 0.25) is 11.9 Å². The van der Waals surface area contributed by atoms with E-state index in [4.69, 9.17) is 10.5 Å². The lowest BCUT2D eigenvalue weighted by Crippen LogP contribution is -2.41. The van der Waals surface area contributed by atoms with Crippen molar-refractivity contribution in [2.24, 2.45) is 0 Å². The predicted octanol–water partition coefficient (Wildman–Crippen LogP) is 2.00. The van der Waals surface area contributed by atoms with E-state index < -0.39 is 0 Å². The summed E-state index contributed by atoms with van der Waals surface area (Å²) in [6.07, 6.45) is 3.84. The SMILES string of the molecule is COc1ccc(-c2cnc(N)nc2C2CCCN(CC(=O)N(C)C)C2)cc1. The van der Waals surface area contributed by atoms with E-state index in [-0.39, 0.29) is 17.8 Å². The minimum atomic E-state index is 0.119. The molecule has 2 N–H and O–H groups in total. The second-order valence-electron chi connectivity index (χ2n) is 7.12. The first kappa shape index (κ1) is 19.1. The van der Waals surface area contributed by atoms with Crippen LogP contribution in [0.25, 0.3) is 11.1 Å². The maximum atomic E-state index is 12.1. The van der Waals surface area contributed by atoms with E-state index in [9.17, 15) is 4.79 Å². The van der Waals surface area contributed by atoms with Crippen LogP contribution in [0.4, 0.5) is 5.95 Å². The Morgan fingerprint density at radius 1 is 1.33 bits per heavy atom. The van der Waals surface area contributed by atoms with E-state index in [2.05, 4.69) is 14.9 Å². The fourth-order valence-corrected chi connectivity index (χ4v) is 3.47. The van der Waals surface area contributed by atoms with Gasteiger partial charge in [0.15, 0.2) is 0 Å². The van der Waals surface area contributed by atoms with E-state index >= 15 is 0 Å². The van der Waals surface area contributed by atoms with Crippen molar-refractivity contribution in [2.45, 2.75) is 18.8 Å². The molecule has 27 heavy (non-hydrogen) atoms. The standard InChI is InChI=1S/C20H27N5O2/c1-24(2)18(26)13-25-10-4-5-15(12-25)19-17(11-22-20(21)23-19)14-6-8-16(27-3)9-7-14/h6-9,11,15H,4-5,10,12-13H2,1-3H3,(H2,21,22,23). The Kier molecular flexibility index (Phi) is 5.91. The molecular weight excluding hydrogens is 342 g/mol. The normalized spacial score (nSPS) is 17.5. The van der Waals surface area contributed by atoms with Gasteiger partial charge in [-0.3, -0.25) is 9.69 Å². The van der Waals surface area contributed by atoms with Gasteiger partial charge in [-0.2, -0.15) is 0 Å². The van der Waals surface area contributed by atoms with Crippen LogP contribution in [0.15, 0.2) is 30.5 Å². The number of nitrogens with two attached hydrogens (primary N) is 1. The monoisotopic (exact) mass is 369 g/mol. The van der Waals surface area contributed by atoms with Crippen molar-refractivity contribution in [2.75, 3.05) is 46.6 Å². The lowest BCUT2D eigenvalue weighted by molar-refractivity contribution is -0.130. The van der Waals surface area contributed by atoms with E-state index in [1.54, 1.807) is 32.3 Å². The molecule has 0 spiro atoms. The van der Waals surface area contributed by atoms with Crippen LogP contribution < -0.4 is 10.5 Å². The van der Waals surface area contributed by atoms with Gasteiger partial charge in [-0.25, -0.2) is 9.97 Å². The Labute approximate surface area is 160 Å². The molecule has 1 fully saturated rings. The molecule has 0 aliphatic carbocycles. The molecule has 7 nitrogen and oxygen atoms in total. The van der Waals surface area contributed by atoms with Crippen LogP contribution in [-0.4, -0.2) is 66.5 Å². The molecule has 1 aromatic carbocycles. The minimum Gasteiger partial charge on any atom is -0.497 e. The first-order valence-electron chi connectivity index (χ1n) is 9.17. The summed E-state index contributed by atoms with van der Waals surface area (Å²) in [6, 6.07) is 7.87. The van der Waals surface area contributed by atoms with Gasteiger partial charge >= 0.3 is 0 Å². The second-order valence-corrected chi connectivity index (χ2v) is 7.12. The van der Waals surface area contributed by atoms with Crippen molar-refractivity contribution < 1.29 is 9.53 Å². The van der Waals surface area contributed by atoms with Crippen molar-refractivity contribution in [3.8, 4) is 16.9 Å². The van der Waals surface area contributed by atoms with E-state index in [1.807, 2.05) is 24.3 Å². The Morgan fingerprint density at radius 2 is 2.07 bits per heavy atom. The van der Waals surface area contributed by atoms with Gasteiger partial charge < -0.3 is 15.4 Å². The lowest BCUT2D eigenvalue weighted by Gasteiger charge is -2.33. The number of likely N-dealkylation sites (N-methyl/N-ethyl adjacent to an activating group) is 1. The third kappa shape index (κ3) is 4.54. The highest BCUT2D eigenvalue weighted by Crippen LogP contribution is 2.33. The Hall–Kier alpha value is -2.67. The van der Waals surface area contributed by atoms with Crippen LogP contribution in [-0.2, 0) is 4.79 Å². The summed E-state index contributed by atoms with van der Waals surface area (Å²) >= 11 is 0. The predicted molar refractivity (Wildman–Crippen MR) is 106 cm³/mol. The molecule has 0 bridgehead atoms. The molecule has 1 unspecified atom stereocenters. The maximum absolute atomic E-state index is 12.1.